The smallest absolute Gasteiger partial charge is 0.416 e. The lowest BCUT2D eigenvalue weighted by molar-refractivity contribution is -0.147. The summed E-state index contributed by atoms with van der Waals surface area (Å²) >= 11 is 0. The number of nitrogens with one attached hydrogen (secondary N) is 1. The third kappa shape index (κ3) is 8.20. The van der Waals surface area contributed by atoms with Gasteiger partial charge in [0.2, 0.25) is 5.91 Å². The zero-order valence-corrected chi connectivity index (χ0v) is 23.9. The summed E-state index contributed by atoms with van der Waals surface area (Å²) in [5, 5.41) is 2.90. The summed E-state index contributed by atoms with van der Waals surface area (Å²) in [6.45, 7) is 13.5. The number of alkyl halides is 3. The number of hydrogen-bond acceptors (Lipinski definition) is 4. The van der Waals surface area contributed by atoms with Crippen LogP contribution in [0.15, 0.2) is 18.2 Å². The Morgan fingerprint density at radius 1 is 1.16 bits per heavy atom. The van der Waals surface area contributed by atoms with Gasteiger partial charge in [0.25, 0.3) is 0 Å². The number of carbonyl (C=O) groups excluding carboxylic acids is 2. The van der Waals surface area contributed by atoms with E-state index in [-0.39, 0.29) is 25.1 Å². The van der Waals surface area contributed by atoms with E-state index >= 15 is 0 Å². The molecule has 1 N–H and O–H groups in total. The summed E-state index contributed by atoms with van der Waals surface area (Å²) in [7, 11) is -1.32. The fourth-order valence-electron chi connectivity index (χ4n) is 5.00. The van der Waals surface area contributed by atoms with Gasteiger partial charge in [0, 0.05) is 33.8 Å². The van der Waals surface area contributed by atoms with Gasteiger partial charge in [-0.15, -0.1) is 0 Å². The molecule has 208 valence electrons. The molecule has 1 aliphatic heterocycles. The van der Waals surface area contributed by atoms with E-state index in [0.717, 1.165) is 23.7 Å². The highest BCUT2D eigenvalue weighted by molar-refractivity contribution is 6.76. The quantitative estimate of drug-likeness (QED) is 0.339. The Bertz CT molecular complexity index is 987. The van der Waals surface area contributed by atoms with Gasteiger partial charge in [0.1, 0.15) is 5.60 Å². The lowest BCUT2D eigenvalue weighted by atomic mass is 9.84. The number of halogens is 3. The highest BCUT2D eigenvalue weighted by atomic mass is 28.3. The molecular formula is C27H41F3N2O4Si. The van der Waals surface area contributed by atoms with Gasteiger partial charge in [-0.25, -0.2) is 4.79 Å². The predicted molar refractivity (Wildman–Crippen MR) is 139 cm³/mol. The van der Waals surface area contributed by atoms with E-state index in [4.69, 9.17) is 9.47 Å². The first kappa shape index (κ1) is 29.5. The fourth-order valence-corrected chi connectivity index (χ4v) is 5.76. The van der Waals surface area contributed by atoms with Gasteiger partial charge in [0.05, 0.1) is 17.6 Å². The molecular weight excluding hydrogens is 501 g/mol. The first-order chi connectivity index (χ1) is 17.0. The molecule has 1 aromatic carbocycles. The molecule has 1 fully saturated rings. The molecule has 10 heteroatoms. The monoisotopic (exact) mass is 542 g/mol. The second-order valence-corrected chi connectivity index (χ2v) is 18.3. The predicted octanol–water partition coefficient (Wildman–Crippen LogP) is 6.01. The minimum absolute atomic E-state index is 0.114. The van der Waals surface area contributed by atoms with E-state index in [0.29, 0.717) is 44.4 Å². The number of alkyl carbamates (subject to hydrolysis) is 1. The molecule has 6 nitrogen and oxygen atoms in total. The first-order valence-corrected chi connectivity index (χ1v) is 16.7. The van der Waals surface area contributed by atoms with Crippen LogP contribution in [0.4, 0.5) is 18.0 Å². The number of amides is 2. The molecule has 0 saturated heterocycles. The van der Waals surface area contributed by atoms with Crippen molar-refractivity contribution in [3.05, 3.63) is 34.9 Å². The van der Waals surface area contributed by atoms with E-state index in [1.54, 1.807) is 25.7 Å². The van der Waals surface area contributed by atoms with Crippen LogP contribution < -0.4 is 5.32 Å². The Hall–Kier alpha value is -2.07. The Balaban J connectivity index is 1.76. The van der Waals surface area contributed by atoms with Crippen LogP contribution in [0.2, 0.25) is 25.7 Å². The van der Waals surface area contributed by atoms with Crippen LogP contribution >= 0.6 is 0 Å². The van der Waals surface area contributed by atoms with E-state index in [2.05, 4.69) is 25.0 Å². The zero-order valence-electron chi connectivity index (χ0n) is 22.9. The Morgan fingerprint density at radius 2 is 1.86 bits per heavy atom. The van der Waals surface area contributed by atoms with Crippen molar-refractivity contribution in [1.29, 1.82) is 0 Å². The molecule has 2 atom stereocenters. The van der Waals surface area contributed by atoms with Crippen LogP contribution in [-0.4, -0.2) is 56.4 Å². The minimum atomic E-state index is -4.43. The lowest BCUT2D eigenvalue weighted by Crippen LogP contribution is -2.48. The van der Waals surface area contributed by atoms with Crippen molar-refractivity contribution in [3.63, 3.8) is 0 Å². The molecule has 0 spiro atoms. The van der Waals surface area contributed by atoms with Gasteiger partial charge in [-0.3, -0.25) is 4.79 Å². The summed E-state index contributed by atoms with van der Waals surface area (Å²) in [6.07, 6.45) is -2.91. The lowest BCUT2D eigenvalue weighted by Gasteiger charge is -2.37. The largest absolute Gasteiger partial charge is 0.444 e. The van der Waals surface area contributed by atoms with E-state index < -0.39 is 36.9 Å². The average molecular weight is 543 g/mol. The minimum Gasteiger partial charge on any atom is -0.444 e. The summed E-state index contributed by atoms with van der Waals surface area (Å²) < 4.78 is 51.3. The van der Waals surface area contributed by atoms with Crippen LogP contribution in [0.25, 0.3) is 0 Å². The molecule has 0 unspecified atom stereocenters. The zero-order chi connectivity index (χ0) is 27.6. The van der Waals surface area contributed by atoms with Crippen molar-refractivity contribution >= 4 is 20.1 Å². The third-order valence-corrected chi connectivity index (χ3v) is 8.69. The molecule has 2 aliphatic rings. The Labute approximate surface area is 219 Å². The maximum absolute atomic E-state index is 14.0. The average Bonchev–Trinajstić information content (AvgIpc) is 3.16. The highest BCUT2D eigenvalue weighted by Crippen LogP contribution is 2.42. The number of hydrogen-bond donors (Lipinski definition) is 1. The number of nitrogens with zero attached hydrogens (tertiary/aromatic N) is 1. The van der Waals surface area contributed by atoms with Crippen LogP contribution in [0, 0.1) is 5.41 Å². The van der Waals surface area contributed by atoms with Gasteiger partial charge >= 0.3 is 12.3 Å². The van der Waals surface area contributed by atoms with Crippen LogP contribution in [0.3, 0.4) is 0 Å². The van der Waals surface area contributed by atoms with Crippen LogP contribution in [0.5, 0.6) is 0 Å². The number of benzene rings is 1. The van der Waals surface area contributed by atoms with Crippen molar-refractivity contribution < 1.29 is 32.2 Å². The number of ether oxygens (including phenoxy) is 2. The van der Waals surface area contributed by atoms with Crippen LogP contribution in [0.1, 0.15) is 56.7 Å². The van der Waals surface area contributed by atoms with Crippen LogP contribution in [-0.2, 0) is 33.4 Å². The van der Waals surface area contributed by atoms with E-state index in [1.165, 1.54) is 6.07 Å². The molecule has 0 aromatic heterocycles. The molecule has 37 heavy (non-hydrogen) atoms. The van der Waals surface area contributed by atoms with Gasteiger partial charge < -0.3 is 19.7 Å². The summed E-state index contributed by atoms with van der Waals surface area (Å²) in [5.74, 6) is -0.114. The van der Waals surface area contributed by atoms with E-state index in [9.17, 15) is 22.8 Å². The summed E-state index contributed by atoms with van der Waals surface area (Å²) in [6, 6.07) is 4.51. The molecule has 1 saturated carbocycles. The highest BCUT2D eigenvalue weighted by Gasteiger charge is 2.48. The van der Waals surface area contributed by atoms with Crippen molar-refractivity contribution in [2.45, 2.75) is 96.5 Å². The van der Waals surface area contributed by atoms with E-state index in [1.807, 2.05) is 0 Å². The summed E-state index contributed by atoms with van der Waals surface area (Å²) in [5.41, 5.74) is -0.795. The molecule has 1 aliphatic carbocycles. The second kappa shape index (κ2) is 11.0. The molecule has 2 amide bonds. The standard InChI is InChI=1S/C27H41F3N2O4Si/c1-25(2,3)36-24(34)31-22-9-11-26(16-22,18-35-13-14-37(4,5)6)23(33)32-12-10-19-7-8-21(27(28,29)30)15-20(19)17-32/h7-8,15,22H,9-14,16-18H2,1-6H3,(H,31,34)/t22-,26+/m1/s1. The maximum atomic E-state index is 14.0. The molecule has 1 heterocycles. The maximum Gasteiger partial charge on any atom is 0.416 e. The number of fused-ring (bicyclic) bond motifs is 1. The van der Waals surface area contributed by atoms with Crippen molar-refractivity contribution in [3.8, 4) is 0 Å². The normalized spacial score (nSPS) is 22.5. The molecule has 1 aromatic rings. The van der Waals surface area contributed by atoms with Gasteiger partial charge in [0.15, 0.2) is 0 Å². The SMILES string of the molecule is CC(C)(C)OC(=O)N[C@@H]1CC[C@](COCC[Si](C)(C)C)(C(=O)N2CCc3ccc(C(F)(F)F)cc3C2)C1. The summed E-state index contributed by atoms with van der Waals surface area (Å²) in [4.78, 5) is 28.0. The molecule has 0 radical (unpaired) electrons. The number of carbonyl (C=O) groups is 2. The fraction of sp³-hybridized carbons (Fsp3) is 0.704. The first-order valence-electron chi connectivity index (χ1n) is 13.0. The molecule has 0 bridgehead atoms. The number of rotatable bonds is 7. The van der Waals surface area contributed by atoms with Gasteiger partial charge in [-0.1, -0.05) is 25.7 Å². The second-order valence-electron chi connectivity index (χ2n) is 12.7. The van der Waals surface area contributed by atoms with Gasteiger partial charge in [-0.05, 0) is 75.8 Å². The topological polar surface area (TPSA) is 67.9 Å². The third-order valence-electron chi connectivity index (χ3n) is 6.99. The van der Waals surface area contributed by atoms with Gasteiger partial charge in [-0.2, -0.15) is 13.2 Å². The Kier molecular flexibility index (Phi) is 8.73. The van der Waals surface area contributed by atoms with Crippen molar-refractivity contribution in [2.24, 2.45) is 5.41 Å². The molecule has 3 rings (SSSR count). The Morgan fingerprint density at radius 3 is 2.49 bits per heavy atom. The van der Waals surface area contributed by atoms with Crippen molar-refractivity contribution in [1.82, 2.24) is 10.2 Å². The van der Waals surface area contributed by atoms with Crippen molar-refractivity contribution in [2.75, 3.05) is 19.8 Å².